The van der Waals surface area contributed by atoms with E-state index in [2.05, 4.69) is 26.2 Å². The van der Waals surface area contributed by atoms with Gasteiger partial charge in [-0.1, -0.05) is 6.07 Å². The summed E-state index contributed by atoms with van der Waals surface area (Å²) in [4.78, 5) is 21.3. The third-order valence-electron chi connectivity index (χ3n) is 4.82. The molecule has 4 aromatic rings. The van der Waals surface area contributed by atoms with Crippen LogP contribution < -0.4 is 5.56 Å². The molecule has 1 N–H and O–H groups in total. The summed E-state index contributed by atoms with van der Waals surface area (Å²) >= 11 is 1.65. The lowest BCUT2D eigenvalue weighted by atomic mass is 10.1. The maximum atomic E-state index is 12.7. The zero-order valence-electron chi connectivity index (χ0n) is 16.3. The Bertz CT molecular complexity index is 1180. The quantitative estimate of drug-likeness (QED) is 0.449. The maximum absolute atomic E-state index is 12.7. The molecule has 9 heteroatoms. The third kappa shape index (κ3) is 4.10. The minimum absolute atomic E-state index is 0.147. The maximum Gasteiger partial charge on any atom is 0.259 e. The second-order valence-electron chi connectivity index (χ2n) is 6.59. The molecular formula is C20H22N6O2S. The van der Waals surface area contributed by atoms with Gasteiger partial charge in [0.25, 0.3) is 5.56 Å². The van der Waals surface area contributed by atoms with Gasteiger partial charge in [0.2, 0.25) is 0 Å². The van der Waals surface area contributed by atoms with Crippen molar-refractivity contribution in [2.24, 2.45) is 0 Å². The Morgan fingerprint density at radius 1 is 1.21 bits per heavy atom. The summed E-state index contributed by atoms with van der Waals surface area (Å²) in [5.74, 6) is 1.52. The van der Waals surface area contributed by atoms with Crippen molar-refractivity contribution < 1.29 is 4.74 Å². The first-order valence-electron chi connectivity index (χ1n) is 9.28. The molecule has 0 bridgehead atoms. The number of H-pyrrole nitrogens is 1. The van der Waals surface area contributed by atoms with Gasteiger partial charge in [0.15, 0.2) is 0 Å². The molecule has 0 amide bonds. The van der Waals surface area contributed by atoms with Crippen molar-refractivity contribution in [1.29, 1.82) is 0 Å². The average Bonchev–Trinajstić information content (AvgIpc) is 3.38. The predicted octanol–water partition coefficient (Wildman–Crippen LogP) is 2.59. The number of nitrogens with zero attached hydrogens (tertiary/aromatic N) is 5. The molecule has 0 aliphatic carbocycles. The van der Waals surface area contributed by atoms with Gasteiger partial charge in [0.05, 0.1) is 12.2 Å². The van der Waals surface area contributed by atoms with Gasteiger partial charge in [0.1, 0.15) is 18.0 Å². The van der Waals surface area contributed by atoms with E-state index >= 15 is 0 Å². The number of hydrogen-bond acceptors (Lipinski definition) is 6. The minimum Gasteiger partial charge on any atom is -0.383 e. The van der Waals surface area contributed by atoms with Gasteiger partial charge in [-0.25, -0.2) is 4.98 Å². The number of nitrogens with one attached hydrogen (secondary N) is 1. The number of methoxy groups -OCH3 is 1. The zero-order chi connectivity index (χ0) is 20.2. The van der Waals surface area contributed by atoms with Crippen molar-refractivity contribution in [2.75, 3.05) is 20.0 Å². The summed E-state index contributed by atoms with van der Waals surface area (Å²) in [6.45, 7) is 1.95. The highest BCUT2D eigenvalue weighted by atomic mass is 32.2. The first kappa shape index (κ1) is 19.4. The minimum atomic E-state index is -0.147. The van der Waals surface area contributed by atoms with Crippen molar-refractivity contribution in [3.05, 3.63) is 59.2 Å². The lowest BCUT2D eigenvalue weighted by Crippen LogP contribution is -2.14. The Labute approximate surface area is 172 Å². The predicted molar refractivity (Wildman–Crippen MR) is 113 cm³/mol. The first-order valence-corrected chi connectivity index (χ1v) is 10.5. The summed E-state index contributed by atoms with van der Waals surface area (Å²) in [7, 11) is 1.67. The number of benzene rings is 1. The fraction of sp³-hybridized carbons (Fsp3) is 0.300. The Kier molecular flexibility index (Phi) is 5.77. The molecule has 0 spiro atoms. The molecule has 0 saturated heterocycles. The smallest absolute Gasteiger partial charge is 0.259 e. The van der Waals surface area contributed by atoms with Crippen molar-refractivity contribution in [3.63, 3.8) is 0 Å². The lowest BCUT2D eigenvalue weighted by Gasteiger charge is -2.10. The van der Waals surface area contributed by atoms with Crippen LogP contribution in [-0.4, -0.2) is 49.3 Å². The lowest BCUT2D eigenvalue weighted by molar-refractivity contribution is 0.186. The zero-order valence-corrected chi connectivity index (χ0v) is 17.1. The molecule has 1 aromatic carbocycles. The monoisotopic (exact) mass is 410 g/mol. The molecule has 0 unspecified atom stereocenters. The van der Waals surface area contributed by atoms with E-state index in [1.807, 2.05) is 39.8 Å². The molecule has 4 rings (SSSR count). The van der Waals surface area contributed by atoms with E-state index in [9.17, 15) is 4.79 Å². The molecule has 3 aromatic heterocycles. The second kappa shape index (κ2) is 8.62. The summed E-state index contributed by atoms with van der Waals surface area (Å²) in [6.07, 6.45) is 7.99. The summed E-state index contributed by atoms with van der Waals surface area (Å²) in [5, 5.41) is 9.17. The third-order valence-corrected chi connectivity index (χ3v) is 5.54. The fourth-order valence-corrected chi connectivity index (χ4v) is 3.72. The van der Waals surface area contributed by atoms with Crippen LogP contribution in [0.4, 0.5) is 0 Å². The van der Waals surface area contributed by atoms with E-state index in [0.717, 1.165) is 21.6 Å². The van der Waals surface area contributed by atoms with Crippen molar-refractivity contribution >= 4 is 22.7 Å². The molecule has 0 radical (unpaired) electrons. The van der Waals surface area contributed by atoms with Crippen LogP contribution in [-0.2, 0) is 24.2 Å². The van der Waals surface area contributed by atoms with Crippen LogP contribution in [0.2, 0.25) is 0 Å². The van der Waals surface area contributed by atoms with Crippen LogP contribution in [0.5, 0.6) is 0 Å². The highest BCUT2D eigenvalue weighted by Crippen LogP contribution is 2.23. The number of aromatic amines is 1. The molecular weight excluding hydrogens is 388 g/mol. The molecule has 150 valence electrons. The number of hydrogen-bond donors (Lipinski definition) is 1. The highest BCUT2D eigenvalue weighted by Gasteiger charge is 2.13. The number of fused-ring (bicyclic) bond motifs is 1. The van der Waals surface area contributed by atoms with Crippen LogP contribution >= 0.6 is 11.8 Å². The normalized spacial score (nSPS) is 11.4. The molecule has 0 saturated carbocycles. The van der Waals surface area contributed by atoms with Gasteiger partial charge in [-0.2, -0.15) is 0 Å². The van der Waals surface area contributed by atoms with Crippen molar-refractivity contribution in [2.45, 2.75) is 24.4 Å². The van der Waals surface area contributed by atoms with E-state index in [-0.39, 0.29) is 5.56 Å². The standard InChI is InChI=1S/C20H22N6O2S/c1-28-10-9-26-13-22-24-18(26)5-7-25-8-6-21-19(25)16-11-14-3-4-15(29-2)12-17(14)23-20(16)27/h3-4,6,8,11-13H,5,7,9-10H2,1-2H3,(H,23,27). The molecule has 0 fully saturated rings. The second-order valence-corrected chi connectivity index (χ2v) is 7.47. The van der Waals surface area contributed by atoms with E-state index in [1.165, 1.54) is 0 Å². The SMILES string of the molecule is COCCn1cnnc1CCn1ccnc1-c1cc2ccc(SC)cc2[nH]c1=O. The summed E-state index contributed by atoms with van der Waals surface area (Å²) < 4.78 is 9.08. The number of aromatic nitrogens is 6. The van der Waals surface area contributed by atoms with Crippen LogP contribution in [0.1, 0.15) is 5.82 Å². The van der Waals surface area contributed by atoms with E-state index in [1.54, 1.807) is 31.4 Å². The van der Waals surface area contributed by atoms with Crippen LogP contribution in [0.25, 0.3) is 22.3 Å². The van der Waals surface area contributed by atoms with Crippen molar-refractivity contribution in [1.82, 2.24) is 29.3 Å². The number of pyridine rings is 1. The van der Waals surface area contributed by atoms with Crippen molar-refractivity contribution in [3.8, 4) is 11.4 Å². The van der Waals surface area contributed by atoms with E-state index < -0.39 is 0 Å². The Balaban J connectivity index is 1.60. The highest BCUT2D eigenvalue weighted by molar-refractivity contribution is 7.98. The molecule has 0 aliphatic rings. The number of ether oxygens (including phenoxy) is 1. The van der Waals surface area contributed by atoms with E-state index in [4.69, 9.17) is 4.74 Å². The van der Waals surface area contributed by atoms with Gasteiger partial charge >= 0.3 is 0 Å². The van der Waals surface area contributed by atoms with Gasteiger partial charge in [-0.05, 0) is 29.8 Å². The van der Waals surface area contributed by atoms with E-state index in [0.29, 0.717) is 37.5 Å². The van der Waals surface area contributed by atoms with Crippen LogP contribution in [0, 0.1) is 0 Å². The summed E-state index contributed by atoms with van der Waals surface area (Å²) in [6, 6.07) is 7.96. The Morgan fingerprint density at radius 3 is 2.93 bits per heavy atom. The Morgan fingerprint density at radius 2 is 2.10 bits per heavy atom. The number of rotatable bonds is 8. The number of imidazole rings is 1. The molecule has 0 aliphatic heterocycles. The number of thioether (sulfide) groups is 1. The van der Waals surface area contributed by atoms with Crippen LogP contribution in [0.15, 0.2) is 52.7 Å². The first-order chi connectivity index (χ1) is 14.2. The molecule has 29 heavy (non-hydrogen) atoms. The molecule has 0 atom stereocenters. The van der Waals surface area contributed by atoms with Gasteiger partial charge in [0, 0.05) is 49.4 Å². The van der Waals surface area contributed by atoms with Gasteiger partial charge < -0.3 is 18.9 Å². The number of aryl methyl sites for hydroxylation is 2. The largest absolute Gasteiger partial charge is 0.383 e. The summed E-state index contributed by atoms with van der Waals surface area (Å²) in [5.41, 5.74) is 1.24. The fourth-order valence-electron chi connectivity index (χ4n) is 3.28. The Hall–Kier alpha value is -2.91. The van der Waals surface area contributed by atoms with Gasteiger partial charge in [-0.15, -0.1) is 22.0 Å². The average molecular weight is 411 g/mol. The molecule has 3 heterocycles. The molecule has 8 nitrogen and oxygen atoms in total. The topological polar surface area (TPSA) is 90.6 Å². The van der Waals surface area contributed by atoms with Crippen LogP contribution in [0.3, 0.4) is 0 Å². The van der Waals surface area contributed by atoms with Gasteiger partial charge in [-0.3, -0.25) is 4.79 Å².